The highest BCUT2D eigenvalue weighted by Crippen LogP contribution is 2.38. The van der Waals surface area contributed by atoms with Crippen LogP contribution in [0, 0.1) is 10.1 Å². The molecule has 2 aromatic rings. The number of nitrogens with zero attached hydrogens (tertiary/aromatic N) is 1. The molecular formula is C15H18N2O5S. The number of nitrogens with one attached hydrogen (secondary N) is 1. The van der Waals surface area contributed by atoms with Gasteiger partial charge in [-0.2, -0.15) is 0 Å². The summed E-state index contributed by atoms with van der Waals surface area (Å²) in [6.07, 6.45) is 0. The van der Waals surface area contributed by atoms with Crippen LogP contribution in [0.3, 0.4) is 0 Å². The fourth-order valence-corrected chi connectivity index (χ4v) is 2.87. The second-order valence-electron chi connectivity index (χ2n) is 4.69. The van der Waals surface area contributed by atoms with Gasteiger partial charge in [-0.05, 0) is 23.3 Å². The van der Waals surface area contributed by atoms with E-state index in [0.29, 0.717) is 30.3 Å². The van der Waals surface area contributed by atoms with Gasteiger partial charge in [0.1, 0.15) is 0 Å². The quantitative estimate of drug-likeness (QED) is 0.588. The van der Waals surface area contributed by atoms with Crippen LogP contribution in [0.15, 0.2) is 23.6 Å². The van der Waals surface area contributed by atoms with Crippen LogP contribution in [0.25, 0.3) is 0 Å². The maximum atomic E-state index is 10.7. The molecule has 0 saturated carbocycles. The zero-order chi connectivity index (χ0) is 16.8. The van der Waals surface area contributed by atoms with E-state index in [4.69, 9.17) is 14.2 Å². The fraction of sp³-hybridized carbons (Fsp3) is 0.333. The zero-order valence-electron chi connectivity index (χ0n) is 13.1. The van der Waals surface area contributed by atoms with Crippen LogP contribution in [0.2, 0.25) is 0 Å². The summed E-state index contributed by atoms with van der Waals surface area (Å²) in [5, 5.41) is 15.8. The Kier molecular flexibility index (Phi) is 5.78. The molecule has 1 heterocycles. The molecule has 0 fully saturated rings. The van der Waals surface area contributed by atoms with Crippen molar-refractivity contribution in [3.8, 4) is 17.2 Å². The molecule has 0 unspecified atom stereocenters. The van der Waals surface area contributed by atoms with E-state index >= 15 is 0 Å². The van der Waals surface area contributed by atoms with Crippen molar-refractivity contribution in [3.63, 3.8) is 0 Å². The van der Waals surface area contributed by atoms with Gasteiger partial charge in [0.2, 0.25) is 5.75 Å². The van der Waals surface area contributed by atoms with Gasteiger partial charge < -0.3 is 19.5 Å². The molecule has 7 nitrogen and oxygen atoms in total. The van der Waals surface area contributed by atoms with Gasteiger partial charge in [-0.15, -0.1) is 0 Å². The van der Waals surface area contributed by atoms with Crippen LogP contribution in [0.4, 0.5) is 5.00 Å². The van der Waals surface area contributed by atoms with Crippen molar-refractivity contribution in [3.05, 3.63) is 44.8 Å². The first-order chi connectivity index (χ1) is 11.1. The lowest BCUT2D eigenvalue weighted by Gasteiger charge is -2.14. The minimum atomic E-state index is -0.382. The van der Waals surface area contributed by atoms with Crippen LogP contribution in [0.1, 0.15) is 11.1 Å². The normalized spacial score (nSPS) is 10.4. The first kappa shape index (κ1) is 17.0. The van der Waals surface area contributed by atoms with E-state index in [-0.39, 0.29) is 9.92 Å². The highest BCUT2D eigenvalue weighted by molar-refractivity contribution is 7.13. The molecule has 1 aromatic carbocycles. The molecule has 8 heteroatoms. The smallest absolute Gasteiger partial charge is 0.324 e. The average molecular weight is 338 g/mol. The molecule has 124 valence electrons. The van der Waals surface area contributed by atoms with Crippen LogP contribution < -0.4 is 19.5 Å². The topological polar surface area (TPSA) is 82.9 Å². The van der Waals surface area contributed by atoms with Gasteiger partial charge in [0, 0.05) is 24.5 Å². The fourth-order valence-electron chi connectivity index (χ4n) is 2.14. The Hall–Kier alpha value is -2.32. The van der Waals surface area contributed by atoms with Crippen molar-refractivity contribution in [2.75, 3.05) is 21.3 Å². The first-order valence-corrected chi connectivity index (χ1v) is 7.68. The average Bonchev–Trinajstić information content (AvgIpc) is 3.03. The molecule has 0 aliphatic heterocycles. The number of methoxy groups -OCH3 is 3. The summed E-state index contributed by atoms with van der Waals surface area (Å²) in [6.45, 7) is 1.11. The minimum absolute atomic E-state index is 0.148. The molecule has 1 N–H and O–H groups in total. The van der Waals surface area contributed by atoms with Crippen molar-refractivity contribution in [1.29, 1.82) is 0 Å². The molecular weight excluding hydrogens is 320 g/mol. The summed E-state index contributed by atoms with van der Waals surface area (Å²) in [5.41, 5.74) is 1.85. The number of hydrogen-bond acceptors (Lipinski definition) is 7. The largest absolute Gasteiger partial charge is 0.493 e. The lowest BCUT2D eigenvalue weighted by atomic mass is 10.1. The number of nitro groups is 1. The molecule has 0 atom stereocenters. The second kappa shape index (κ2) is 7.80. The van der Waals surface area contributed by atoms with Gasteiger partial charge >= 0.3 is 5.00 Å². The molecule has 0 spiro atoms. The number of hydrogen-bond donors (Lipinski definition) is 1. The molecule has 2 rings (SSSR count). The van der Waals surface area contributed by atoms with Gasteiger partial charge in [0.25, 0.3) is 0 Å². The lowest BCUT2D eigenvalue weighted by Crippen LogP contribution is -2.12. The van der Waals surface area contributed by atoms with E-state index in [1.54, 1.807) is 32.8 Å². The third-order valence-corrected chi connectivity index (χ3v) is 4.13. The van der Waals surface area contributed by atoms with E-state index in [1.807, 2.05) is 12.1 Å². The van der Waals surface area contributed by atoms with Gasteiger partial charge in [-0.1, -0.05) is 11.3 Å². The van der Waals surface area contributed by atoms with E-state index in [9.17, 15) is 10.1 Å². The predicted molar refractivity (Wildman–Crippen MR) is 87.6 cm³/mol. The molecule has 1 aromatic heterocycles. The Balaban J connectivity index is 2.03. The highest BCUT2D eigenvalue weighted by Gasteiger charge is 2.13. The van der Waals surface area contributed by atoms with Gasteiger partial charge in [-0.25, -0.2) is 0 Å². The lowest BCUT2D eigenvalue weighted by molar-refractivity contribution is -0.380. The van der Waals surface area contributed by atoms with Gasteiger partial charge in [-0.3, -0.25) is 10.1 Å². The standard InChI is InChI=1S/C15H18N2O5S/c1-20-12-4-10(5-13(21-2)15(12)22-3)7-16-8-11-6-14(17(18)19)23-9-11/h4-6,9,16H,7-8H2,1-3H3. The summed E-state index contributed by atoms with van der Waals surface area (Å²) in [6, 6.07) is 5.31. The van der Waals surface area contributed by atoms with E-state index in [1.165, 1.54) is 0 Å². The Morgan fingerprint density at radius 2 is 1.65 bits per heavy atom. The second-order valence-corrected chi connectivity index (χ2v) is 5.58. The number of ether oxygens (including phenoxy) is 3. The monoisotopic (exact) mass is 338 g/mol. The Morgan fingerprint density at radius 1 is 1.04 bits per heavy atom. The van der Waals surface area contributed by atoms with Crippen molar-refractivity contribution in [1.82, 2.24) is 5.32 Å². The predicted octanol–water partition coefficient (Wildman–Crippen LogP) is 2.97. The maximum Gasteiger partial charge on any atom is 0.324 e. The minimum Gasteiger partial charge on any atom is -0.493 e. The first-order valence-electron chi connectivity index (χ1n) is 6.80. The van der Waals surface area contributed by atoms with Crippen molar-refractivity contribution in [2.24, 2.45) is 0 Å². The van der Waals surface area contributed by atoms with Crippen LogP contribution in [0.5, 0.6) is 17.2 Å². The SMILES string of the molecule is COc1cc(CNCc2csc([N+](=O)[O-])c2)cc(OC)c1OC. The van der Waals surface area contributed by atoms with E-state index in [0.717, 1.165) is 22.5 Å². The number of rotatable bonds is 8. The van der Waals surface area contributed by atoms with Gasteiger partial charge in [0.05, 0.1) is 26.3 Å². The molecule has 0 aliphatic rings. The van der Waals surface area contributed by atoms with Crippen LogP contribution >= 0.6 is 11.3 Å². The molecule has 0 amide bonds. The van der Waals surface area contributed by atoms with Crippen LogP contribution in [-0.2, 0) is 13.1 Å². The Labute approximate surface area is 137 Å². The third-order valence-electron chi connectivity index (χ3n) is 3.20. The van der Waals surface area contributed by atoms with Crippen molar-refractivity contribution in [2.45, 2.75) is 13.1 Å². The number of thiophene rings is 1. The highest BCUT2D eigenvalue weighted by atomic mass is 32.1. The molecule has 0 radical (unpaired) electrons. The summed E-state index contributed by atoms with van der Waals surface area (Å²) >= 11 is 1.13. The number of benzene rings is 1. The maximum absolute atomic E-state index is 10.7. The van der Waals surface area contributed by atoms with Crippen LogP contribution in [-0.4, -0.2) is 26.3 Å². The zero-order valence-corrected chi connectivity index (χ0v) is 13.9. The summed E-state index contributed by atoms with van der Waals surface area (Å²) in [5.74, 6) is 1.73. The van der Waals surface area contributed by atoms with Crippen molar-refractivity contribution >= 4 is 16.3 Å². The molecule has 23 heavy (non-hydrogen) atoms. The molecule has 0 saturated heterocycles. The Bertz CT molecular complexity index is 661. The molecule has 0 bridgehead atoms. The Morgan fingerprint density at radius 3 is 2.13 bits per heavy atom. The summed E-state index contributed by atoms with van der Waals surface area (Å²) in [4.78, 5) is 10.3. The van der Waals surface area contributed by atoms with Crippen molar-refractivity contribution < 1.29 is 19.1 Å². The van der Waals surface area contributed by atoms with E-state index in [2.05, 4.69) is 5.32 Å². The van der Waals surface area contributed by atoms with E-state index < -0.39 is 0 Å². The third kappa shape index (κ3) is 4.11. The van der Waals surface area contributed by atoms with Gasteiger partial charge in [0.15, 0.2) is 11.5 Å². The summed E-state index contributed by atoms with van der Waals surface area (Å²) in [7, 11) is 4.69. The summed E-state index contributed by atoms with van der Waals surface area (Å²) < 4.78 is 15.9. The molecule has 0 aliphatic carbocycles.